The molecule has 0 saturated carbocycles. The van der Waals surface area contributed by atoms with Crippen LogP contribution in [-0.4, -0.2) is 57.3 Å². The topological polar surface area (TPSA) is 49.9 Å². The minimum absolute atomic E-state index is 0.595. The highest BCUT2D eigenvalue weighted by Gasteiger charge is 2.17. The van der Waals surface area contributed by atoms with Crippen LogP contribution in [0, 0.1) is 0 Å². The van der Waals surface area contributed by atoms with Crippen molar-refractivity contribution in [3.8, 4) is 22.8 Å². The van der Waals surface area contributed by atoms with Gasteiger partial charge in [-0.3, -0.25) is 0 Å². The van der Waals surface area contributed by atoms with E-state index >= 15 is 0 Å². The summed E-state index contributed by atoms with van der Waals surface area (Å²) in [6.07, 6.45) is 0. The second kappa shape index (κ2) is 9.45. The Hall–Kier alpha value is -2.96. The number of halogens is 1. The SMILES string of the molecule is COc1cc(N2CCN(C)CC2)ccc1Nc1cccc(-c2c(Cl)cccc2OC)n1. The second-order valence-corrected chi connectivity index (χ2v) is 7.93. The smallest absolute Gasteiger partial charge is 0.144 e. The van der Waals surface area contributed by atoms with Crippen LogP contribution in [0.2, 0.25) is 5.02 Å². The molecule has 2 aromatic carbocycles. The van der Waals surface area contributed by atoms with Crippen LogP contribution in [0.15, 0.2) is 54.6 Å². The number of anilines is 3. The Morgan fingerprint density at radius 2 is 1.65 bits per heavy atom. The molecular formula is C24H27ClN4O2. The van der Waals surface area contributed by atoms with Gasteiger partial charge in [0.1, 0.15) is 17.3 Å². The van der Waals surface area contributed by atoms with E-state index in [4.69, 9.17) is 26.1 Å². The summed E-state index contributed by atoms with van der Waals surface area (Å²) >= 11 is 6.44. The van der Waals surface area contributed by atoms with Crippen LogP contribution < -0.4 is 19.7 Å². The number of hydrogen-bond donors (Lipinski definition) is 1. The summed E-state index contributed by atoms with van der Waals surface area (Å²) in [5, 5.41) is 3.98. The molecule has 1 N–H and O–H groups in total. The van der Waals surface area contributed by atoms with Crippen molar-refractivity contribution in [2.75, 3.05) is 57.7 Å². The van der Waals surface area contributed by atoms with Gasteiger partial charge >= 0.3 is 0 Å². The quantitative estimate of drug-likeness (QED) is 0.589. The van der Waals surface area contributed by atoms with Crippen molar-refractivity contribution in [3.63, 3.8) is 0 Å². The molecular weight excluding hydrogens is 412 g/mol. The molecule has 6 nitrogen and oxygen atoms in total. The summed E-state index contributed by atoms with van der Waals surface area (Å²) in [5.74, 6) is 2.16. The van der Waals surface area contributed by atoms with Gasteiger partial charge in [-0.2, -0.15) is 0 Å². The number of benzene rings is 2. The zero-order valence-electron chi connectivity index (χ0n) is 18.1. The minimum Gasteiger partial charge on any atom is -0.496 e. The van der Waals surface area contributed by atoms with Gasteiger partial charge in [-0.15, -0.1) is 0 Å². The zero-order valence-corrected chi connectivity index (χ0v) is 18.8. The summed E-state index contributed by atoms with van der Waals surface area (Å²) in [6.45, 7) is 4.14. The number of methoxy groups -OCH3 is 2. The first-order chi connectivity index (χ1) is 15.1. The maximum absolute atomic E-state index is 6.44. The third-order valence-electron chi connectivity index (χ3n) is 5.52. The van der Waals surface area contributed by atoms with E-state index in [-0.39, 0.29) is 0 Å². The number of ether oxygens (including phenoxy) is 2. The molecule has 3 aromatic rings. The van der Waals surface area contributed by atoms with Crippen molar-refractivity contribution in [1.82, 2.24) is 9.88 Å². The molecule has 0 radical (unpaired) electrons. The van der Waals surface area contributed by atoms with E-state index in [0.717, 1.165) is 54.6 Å². The van der Waals surface area contributed by atoms with Gasteiger partial charge < -0.3 is 24.6 Å². The molecule has 2 heterocycles. The van der Waals surface area contributed by atoms with Crippen LogP contribution in [0.5, 0.6) is 11.5 Å². The molecule has 1 saturated heterocycles. The average molecular weight is 439 g/mol. The highest BCUT2D eigenvalue weighted by Crippen LogP contribution is 2.37. The van der Waals surface area contributed by atoms with Gasteiger partial charge in [0.2, 0.25) is 0 Å². The average Bonchev–Trinajstić information content (AvgIpc) is 2.80. The van der Waals surface area contributed by atoms with E-state index < -0.39 is 0 Å². The third-order valence-corrected chi connectivity index (χ3v) is 5.83. The van der Waals surface area contributed by atoms with E-state index in [1.165, 1.54) is 0 Å². The highest BCUT2D eigenvalue weighted by atomic mass is 35.5. The first-order valence-corrected chi connectivity index (χ1v) is 10.7. The lowest BCUT2D eigenvalue weighted by Crippen LogP contribution is -2.44. The Morgan fingerprint density at radius 1 is 0.903 bits per heavy atom. The number of aromatic nitrogens is 1. The lowest BCUT2D eigenvalue weighted by molar-refractivity contribution is 0.312. The van der Waals surface area contributed by atoms with Gasteiger partial charge in [0.05, 0.1) is 36.2 Å². The first-order valence-electron chi connectivity index (χ1n) is 10.3. The van der Waals surface area contributed by atoms with Crippen molar-refractivity contribution in [3.05, 3.63) is 59.6 Å². The number of pyridine rings is 1. The number of hydrogen-bond acceptors (Lipinski definition) is 6. The second-order valence-electron chi connectivity index (χ2n) is 7.53. The number of likely N-dealkylation sites (N-methyl/N-ethyl adjacent to an activating group) is 1. The van der Waals surface area contributed by atoms with Crippen molar-refractivity contribution in [2.24, 2.45) is 0 Å². The van der Waals surface area contributed by atoms with Gasteiger partial charge in [0, 0.05) is 37.9 Å². The lowest BCUT2D eigenvalue weighted by atomic mass is 10.1. The molecule has 0 atom stereocenters. The summed E-state index contributed by atoms with van der Waals surface area (Å²) < 4.78 is 11.2. The Morgan fingerprint density at radius 3 is 2.39 bits per heavy atom. The number of piperazine rings is 1. The summed E-state index contributed by atoms with van der Waals surface area (Å²) in [7, 11) is 5.47. The van der Waals surface area contributed by atoms with Crippen molar-refractivity contribution in [2.45, 2.75) is 0 Å². The molecule has 162 valence electrons. The van der Waals surface area contributed by atoms with Crippen LogP contribution in [-0.2, 0) is 0 Å². The van der Waals surface area contributed by atoms with Crippen LogP contribution in [0.1, 0.15) is 0 Å². The molecule has 0 spiro atoms. The Kier molecular flexibility index (Phi) is 6.49. The molecule has 0 unspecified atom stereocenters. The molecule has 31 heavy (non-hydrogen) atoms. The zero-order chi connectivity index (χ0) is 21.8. The number of nitrogens with zero attached hydrogens (tertiary/aromatic N) is 3. The van der Waals surface area contributed by atoms with E-state index in [1.54, 1.807) is 14.2 Å². The van der Waals surface area contributed by atoms with Gasteiger partial charge in [0.15, 0.2) is 0 Å². The van der Waals surface area contributed by atoms with E-state index in [2.05, 4.69) is 34.3 Å². The molecule has 0 aliphatic carbocycles. The maximum atomic E-state index is 6.44. The lowest BCUT2D eigenvalue weighted by Gasteiger charge is -2.34. The summed E-state index contributed by atoms with van der Waals surface area (Å²) in [5.41, 5.74) is 3.53. The van der Waals surface area contributed by atoms with E-state index in [0.29, 0.717) is 16.6 Å². The van der Waals surface area contributed by atoms with Crippen molar-refractivity contribution >= 4 is 28.8 Å². The van der Waals surface area contributed by atoms with Crippen LogP contribution in [0.3, 0.4) is 0 Å². The predicted octanol–water partition coefficient (Wildman–Crippen LogP) is 4.91. The fourth-order valence-electron chi connectivity index (χ4n) is 3.75. The fourth-order valence-corrected chi connectivity index (χ4v) is 4.01. The molecule has 1 fully saturated rings. The van der Waals surface area contributed by atoms with Gasteiger partial charge in [-0.25, -0.2) is 4.98 Å². The van der Waals surface area contributed by atoms with E-state index in [9.17, 15) is 0 Å². The molecule has 0 amide bonds. The highest BCUT2D eigenvalue weighted by molar-refractivity contribution is 6.33. The fraction of sp³-hybridized carbons (Fsp3) is 0.292. The molecule has 1 aromatic heterocycles. The van der Waals surface area contributed by atoms with Gasteiger partial charge in [-0.05, 0) is 43.4 Å². The van der Waals surface area contributed by atoms with Crippen molar-refractivity contribution in [1.29, 1.82) is 0 Å². The van der Waals surface area contributed by atoms with Crippen molar-refractivity contribution < 1.29 is 9.47 Å². The Bertz CT molecular complexity index is 1050. The van der Waals surface area contributed by atoms with Crippen LogP contribution >= 0.6 is 11.6 Å². The molecule has 7 heteroatoms. The summed E-state index contributed by atoms with van der Waals surface area (Å²) in [6, 6.07) is 17.6. The van der Waals surface area contributed by atoms with E-state index in [1.807, 2.05) is 42.5 Å². The Balaban J connectivity index is 1.59. The Labute approximate surface area is 188 Å². The van der Waals surface area contributed by atoms with Crippen LogP contribution in [0.25, 0.3) is 11.3 Å². The molecule has 4 rings (SSSR count). The maximum Gasteiger partial charge on any atom is 0.144 e. The standard InChI is InChI=1S/C24H27ClN4O2/c1-28-12-14-29(15-13-28)17-10-11-19(22(16-17)31-3)26-23-9-5-7-20(27-23)24-18(25)6-4-8-21(24)30-2/h4-11,16H,12-15H2,1-3H3,(H,26,27). The summed E-state index contributed by atoms with van der Waals surface area (Å²) in [4.78, 5) is 9.48. The number of rotatable bonds is 6. The first kappa shape index (κ1) is 21.3. The third kappa shape index (κ3) is 4.70. The molecule has 1 aliphatic rings. The van der Waals surface area contributed by atoms with Gasteiger partial charge in [0.25, 0.3) is 0 Å². The predicted molar refractivity (Wildman–Crippen MR) is 127 cm³/mol. The van der Waals surface area contributed by atoms with Gasteiger partial charge in [-0.1, -0.05) is 23.7 Å². The number of nitrogens with one attached hydrogen (secondary N) is 1. The molecule has 0 bridgehead atoms. The minimum atomic E-state index is 0.595. The monoisotopic (exact) mass is 438 g/mol. The molecule has 1 aliphatic heterocycles. The largest absolute Gasteiger partial charge is 0.496 e. The van der Waals surface area contributed by atoms with Crippen LogP contribution in [0.4, 0.5) is 17.2 Å². The normalized spacial score (nSPS) is 14.4.